The molecule has 1 aliphatic rings. The van der Waals surface area contributed by atoms with E-state index in [1.165, 1.54) is 24.8 Å². The molecule has 0 heterocycles. The summed E-state index contributed by atoms with van der Waals surface area (Å²) in [6.45, 7) is 0. The summed E-state index contributed by atoms with van der Waals surface area (Å²) in [4.78, 5) is 12.0. The zero-order chi connectivity index (χ0) is 13.5. The second-order valence-corrected chi connectivity index (χ2v) is 5.86. The molecule has 1 fully saturated rings. The summed E-state index contributed by atoms with van der Waals surface area (Å²) in [6, 6.07) is 10.5. The van der Waals surface area contributed by atoms with Crippen LogP contribution in [-0.4, -0.2) is 17.3 Å². The number of hydrogen-bond acceptors (Lipinski definition) is 1. The minimum absolute atomic E-state index is 0.00416. The van der Waals surface area contributed by atoms with E-state index in [4.69, 9.17) is 11.6 Å². The lowest BCUT2D eigenvalue weighted by Crippen LogP contribution is -2.40. The van der Waals surface area contributed by atoms with Crippen molar-refractivity contribution < 1.29 is 4.79 Å². The first-order valence-corrected chi connectivity index (χ1v) is 7.68. The number of halogens is 1. The monoisotopic (exact) mass is 279 g/mol. The molecule has 1 aromatic rings. The van der Waals surface area contributed by atoms with Gasteiger partial charge in [0.05, 0.1) is 0 Å². The van der Waals surface area contributed by atoms with Gasteiger partial charge in [0.1, 0.15) is 5.38 Å². The molecule has 0 saturated heterocycles. The average molecular weight is 280 g/mol. The molecule has 1 unspecified atom stereocenters. The molecule has 1 N–H and O–H groups in total. The number of aryl methyl sites for hydroxylation is 1. The molecule has 0 aliphatic heterocycles. The van der Waals surface area contributed by atoms with Gasteiger partial charge in [-0.25, -0.2) is 0 Å². The predicted molar refractivity (Wildman–Crippen MR) is 79.4 cm³/mol. The van der Waals surface area contributed by atoms with Crippen molar-refractivity contribution in [1.29, 1.82) is 0 Å². The predicted octanol–water partition coefficient (Wildman–Crippen LogP) is 3.68. The Morgan fingerprint density at radius 3 is 2.58 bits per heavy atom. The molecule has 1 atom stereocenters. The highest BCUT2D eigenvalue weighted by Gasteiger charge is 2.20. The second kappa shape index (κ2) is 7.54. The van der Waals surface area contributed by atoms with Crippen LogP contribution in [0.15, 0.2) is 30.3 Å². The molecule has 1 amide bonds. The second-order valence-electron chi connectivity index (χ2n) is 5.34. The average Bonchev–Trinajstić information content (AvgIpc) is 2.47. The molecule has 2 rings (SSSR count). The van der Waals surface area contributed by atoms with Crippen LogP contribution in [0.2, 0.25) is 0 Å². The highest BCUT2D eigenvalue weighted by atomic mass is 35.5. The minimum atomic E-state index is -0.415. The third-order valence-electron chi connectivity index (χ3n) is 3.77. The summed E-state index contributed by atoms with van der Waals surface area (Å²) in [6.07, 6.45) is 7.51. The fourth-order valence-electron chi connectivity index (χ4n) is 2.61. The number of nitrogens with one attached hydrogen (secondary N) is 1. The maximum atomic E-state index is 12.0. The molecule has 0 aromatic heterocycles. The lowest BCUT2D eigenvalue weighted by atomic mass is 9.95. The molecule has 0 spiro atoms. The smallest absolute Gasteiger partial charge is 0.238 e. The number of rotatable bonds is 5. The van der Waals surface area contributed by atoms with Crippen molar-refractivity contribution in [3.63, 3.8) is 0 Å². The maximum Gasteiger partial charge on any atom is 0.238 e. The van der Waals surface area contributed by atoms with Gasteiger partial charge >= 0.3 is 0 Å². The van der Waals surface area contributed by atoms with Crippen molar-refractivity contribution in [2.75, 3.05) is 0 Å². The highest BCUT2D eigenvalue weighted by molar-refractivity contribution is 6.30. The SMILES string of the molecule is O=C(NC1CCCCC1)C(Cl)CCc1ccccc1. The number of carbonyl (C=O) groups is 1. The lowest BCUT2D eigenvalue weighted by Gasteiger charge is -2.23. The van der Waals surface area contributed by atoms with Gasteiger partial charge in [0.25, 0.3) is 0 Å². The number of amides is 1. The summed E-state index contributed by atoms with van der Waals surface area (Å²) in [7, 11) is 0. The topological polar surface area (TPSA) is 29.1 Å². The van der Waals surface area contributed by atoms with Gasteiger partial charge in [0.15, 0.2) is 0 Å². The van der Waals surface area contributed by atoms with E-state index in [1.54, 1.807) is 0 Å². The fraction of sp³-hybridized carbons (Fsp3) is 0.562. The lowest BCUT2D eigenvalue weighted by molar-refractivity contribution is -0.121. The van der Waals surface area contributed by atoms with E-state index in [-0.39, 0.29) is 5.91 Å². The third kappa shape index (κ3) is 4.87. The van der Waals surface area contributed by atoms with E-state index >= 15 is 0 Å². The van der Waals surface area contributed by atoms with Gasteiger partial charge in [-0.2, -0.15) is 0 Å². The van der Waals surface area contributed by atoms with Crippen LogP contribution >= 0.6 is 11.6 Å². The zero-order valence-electron chi connectivity index (χ0n) is 11.3. The van der Waals surface area contributed by atoms with Gasteiger partial charge in [-0.1, -0.05) is 49.6 Å². The molecule has 2 nitrogen and oxygen atoms in total. The van der Waals surface area contributed by atoms with Crippen LogP contribution < -0.4 is 5.32 Å². The highest BCUT2D eigenvalue weighted by Crippen LogP contribution is 2.18. The van der Waals surface area contributed by atoms with E-state index < -0.39 is 5.38 Å². The summed E-state index contributed by atoms with van der Waals surface area (Å²) >= 11 is 6.19. The quantitative estimate of drug-likeness (QED) is 0.819. The molecular weight excluding hydrogens is 258 g/mol. The Labute approximate surface area is 120 Å². The van der Waals surface area contributed by atoms with Crippen LogP contribution in [0.25, 0.3) is 0 Å². The first-order chi connectivity index (χ1) is 9.25. The molecule has 1 aliphatic carbocycles. The van der Waals surface area contributed by atoms with Crippen LogP contribution in [-0.2, 0) is 11.2 Å². The fourth-order valence-corrected chi connectivity index (χ4v) is 2.78. The van der Waals surface area contributed by atoms with E-state index in [1.807, 2.05) is 18.2 Å². The number of hydrogen-bond donors (Lipinski definition) is 1. The Hall–Kier alpha value is -1.02. The molecule has 0 radical (unpaired) electrons. The molecule has 1 saturated carbocycles. The van der Waals surface area contributed by atoms with E-state index in [2.05, 4.69) is 17.4 Å². The van der Waals surface area contributed by atoms with Crippen LogP contribution in [0.5, 0.6) is 0 Å². The Balaban J connectivity index is 1.72. The number of carbonyl (C=O) groups excluding carboxylic acids is 1. The summed E-state index contributed by atoms with van der Waals surface area (Å²) in [5.41, 5.74) is 1.23. The van der Waals surface area contributed by atoms with Gasteiger partial charge in [-0.05, 0) is 31.2 Å². The molecule has 19 heavy (non-hydrogen) atoms. The first kappa shape index (κ1) is 14.4. The summed E-state index contributed by atoms with van der Waals surface area (Å²) in [5.74, 6) is 0.00416. The standard InChI is InChI=1S/C16H22ClNO/c17-15(12-11-13-7-3-1-4-8-13)16(19)18-14-9-5-2-6-10-14/h1,3-4,7-8,14-15H,2,5-6,9-12H2,(H,18,19). The van der Waals surface area contributed by atoms with E-state index in [9.17, 15) is 4.79 Å². The van der Waals surface area contributed by atoms with Gasteiger partial charge < -0.3 is 5.32 Å². The zero-order valence-corrected chi connectivity index (χ0v) is 12.0. The Morgan fingerprint density at radius 2 is 1.89 bits per heavy atom. The Morgan fingerprint density at radius 1 is 1.21 bits per heavy atom. The molecule has 104 valence electrons. The van der Waals surface area contributed by atoms with Crippen LogP contribution in [0.1, 0.15) is 44.1 Å². The van der Waals surface area contributed by atoms with Crippen molar-refractivity contribution in [1.82, 2.24) is 5.32 Å². The van der Waals surface area contributed by atoms with Crippen LogP contribution in [0.4, 0.5) is 0 Å². The van der Waals surface area contributed by atoms with Crippen LogP contribution in [0.3, 0.4) is 0 Å². The van der Waals surface area contributed by atoms with Crippen molar-refractivity contribution >= 4 is 17.5 Å². The molecular formula is C16H22ClNO. The molecule has 0 bridgehead atoms. The molecule has 1 aromatic carbocycles. The number of alkyl halides is 1. The van der Waals surface area contributed by atoms with Crippen molar-refractivity contribution in [2.45, 2.75) is 56.4 Å². The van der Waals surface area contributed by atoms with Gasteiger partial charge in [0.2, 0.25) is 5.91 Å². The Kier molecular flexibility index (Phi) is 5.71. The largest absolute Gasteiger partial charge is 0.352 e. The Bertz CT molecular complexity index is 387. The van der Waals surface area contributed by atoms with E-state index in [0.717, 1.165) is 19.3 Å². The van der Waals surface area contributed by atoms with E-state index in [0.29, 0.717) is 12.5 Å². The summed E-state index contributed by atoms with van der Waals surface area (Å²) in [5, 5.41) is 2.67. The van der Waals surface area contributed by atoms with Crippen molar-refractivity contribution in [3.8, 4) is 0 Å². The van der Waals surface area contributed by atoms with Crippen LogP contribution in [0, 0.1) is 0 Å². The van der Waals surface area contributed by atoms with Gasteiger partial charge in [0, 0.05) is 6.04 Å². The normalized spacial score (nSPS) is 17.9. The molecule has 3 heteroatoms. The van der Waals surface area contributed by atoms with Gasteiger partial charge in [-0.15, -0.1) is 11.6 Å². The maximum absolute atomic E-state index is 12.0. The van der Waals surface area contributed by atoms with Crippen molar-refractivity contribution in [2.24, 2.45) is 0 Å². The van der Waals surface area contributed by atoms with Crippen molar-refractivity contribution in [3.05, 3.63) is 35.9 Å². The minimum Gasteiger partial charge on any atom is -0.352 e. The number of benzene rings is 1. The third-order valence-corrected chi connectivity index (χ3v) is 4.18. The van der Waals surface area contributed by atoms with Gasteiger partial charge in [-0.3, -0.25) is 4.79 Å². The summed E-state index contributed by atoms with van der Waals surface area (Å²) < 4.78 is 0. The first-order valence-electron chi connectivity index (χ1n) is 7.24.